The van der Waals surface area contributed by atoms with Crippen molar-refractivity contribution in [1.82, 2.24) is 5.32 Å². The minimum Gasteiger partial charge on any atom is -0.395 e. The highest BCUT2D eigenvalue weighted by Crippen LogP contribution is 2.49. The number of rotatable bonds is 22. The molecule has 0 heterocycles. The van der Waals surface area contributed by atoms with Gasteiger partial charge in [-0.2, -0.15) is 13.2 Å². The smallest absolute Gasteiger partial charge is 0.395 e. The van der Waals surface area contributed by atoms with E-state index >= 15 is 0 Å². The summed E-state index contributed by atoms with van der Waals surface area (Å²) < 4.78 is 42.9. The number of hydrogen-bond donors (Lipinski definition) is 3. The number of carbonyl (C=O) groups is 1. The second-order valence-corrected chi connectivity index (χ2v) is 13.9. The van der Waals surface area contributed by atoms with E-state index in [-0.39, 0.29) is 42.1 Å². The molecule has 0 bridgehead atoms. The van der Waals surface area contributed by atoms with Gasteiger partial charge in [-0.3, -0.25) is 4.79 Å². The zero-order valence-electron chi connectivity index (χ0n) is 27.4. The molecule has 0 aromatic rings. The van der Waals surface area contributed by atoms with Gasteiger partial charge in [-0.15, -0.1) is 0 Å². The molecule has 40 heavy (non-hydrogen) atoms. The van der Waals surface area contributed by atoms with Crippen LogP contribution >= 0.6 is 0 Å². The van der Waals surface area contributed by atoms with Gasteiger partial charge in [-0.1, -0.05) is 107 Å². The van der Waals surface area contributed by atoms with E-state index in [2.05, 4.69) is 53.8 Å². The third-order valence-electron chi connectivity index (χ3n) is 10.6. The van der Waals surface area contributed by atoms with Gasteiger partial charge < -0.3 is 15.5 Å². The Kier molecular flexibility index (Phi) is 17.6. The first-order chi connectivity index (χ1) is 18.4. The molecule has 0 radical (unpaired) electrons. The summed E-state index contributed by atoms with van der Waals surface area (Å²) in [5.41, 5.74) is -2.34. The van der Waals surface area contributed by atoms with Crippen molar-refractivity contribution in [3.8, 4) is 0 Å². The highest BCUT2D eigenvalue weighted by Gasteiger charge is 2.56. The molecular weight excluding hydrogens is 515 g/mol. The number of alkyl halides is 3. The molecule has 0 saturated heterocycles. The van der Waals surface area contributed by atoms with E-state index in [0.717, 1.165) is 51.4 Å². The number of carbonyl (C=O) groups excluding carboxylic acids is 1. The predicted octanol–water partition coefficient (Wildman–Crippen LogP) is 9.08. The topological polar surface area (TPSA) is 69.6 Å². The third kappa shape index (κ3) is 11.8. The van der Waals surface area contributed by atoms with Crippen molar-refractivity contribution in [3.63, 3.8) is 0 Å². The fourth-order valence-corrected chi connectivity index (χ4v) is 5.80. The highest BCUT2D eigenvalue weighted by molar-refractivity contribution is 5.75. The molecule has 0 fully saturated rings. The maximum absolute atomic E-state index is 14.3. The van der Waals surface area contributed by atoms with E-state index in [9.17, 15) is 28.2 Å². The van der Waals surface area contributed by atoms with E-state index in [0.29, 0.717) is 31.2 Å². The molecule has 5 atom stereocenters. The summed E-state index contributed by atoms with van der Waals surface area (Å²) in [5.74, 6) is -0.307. The lowest BCUT2D eigenvalue weighted by Gasteiger charge is -2.39. The molecule has 2 unspecified atom stereocenters. The lowest BCUT2D eigenvalue weighted by molar-refractivity contribution is -0.257. The fraction of sp³-hybridized carbons (Fsp3) is 0.970. The Labute approximate surface area is 244 Å². The van der Waals surface area contributed by atoms with Gasteiger partial charge in [0.15, 0.2) is 0 Å². The normalized spacial score (nSPS) is 18.7. The SMILES string of the molecule is CCCC[C@](C)(CNC(=O)CCC(C)[C@@](CO)(CCCCCCCC[C@@](C)(C(C)C)C(C)O)C(F)(F)F)C(C)C. The summed E-state index contributed by atoms with van der Waals surface area (Å²) in [5, 5.41) is 23.1. The van der Waals surface area contributed by atoms with Gasteiger partial charge in [0.05, 0.1) is 18.1 Å². The summed E-state index contributed by atoms with van der Waals surface area (Å²) in [4.78, 5) is 12.6. The van der Waals surface area contributed by atoms with Gasteiger partial charge >= 0.3 is 6.18 Å². The van der Waals surface area contributed by atoms with Gasteiger partial charge in [0, 0.05) is 13.0 Å². The molecule has 7 heteroatoms. The number of nitrogens with one attached hydrogen (secondary N) is 1. The van der Waals surface area contributed by atoms with Gasteiger partial charge in [-0.05, 0) is 61.2 Å². The van der Waals surface area contributed by atoms with Crippen LogP contribution in [-0.2, 0) is 4.79 Å². The second-order valence-electron chi connectivity index (χ2n) is 13.9. The molecule has 0 rings (SSSR count). The van der Waals surface area contributed by atoms with Crippen LogP contribution in [0.2, 0.25) is 0 Å². The highest BCUT2D eigenvalue weighted by atomic mass is 19.4. The number of unbranched alkanes of at least 4 members (excludes halogenated alkanes) is 6. The van der Waals surface area contributed by atoms with Crippen molar-refractivity contribution < 1.29 is 28.2 Å². The predicted molar refractivity (Wildman–Crippen MR) is 161 cm³/mol. The summed E-state index contributed by atoms with van der Waals surface area (Å²) in [7, 11) is 0. The third-order valence-corrected chi connectivity index (χ3v) is 10.6. The Hall–Kier alpha value is -0.820. The minimum absolute atomic E-state index is 0.0305. The summed E-state index contributed by atoms with van der Waals surface area (Å²) in [6.45, 7) is 17.9. The molecule has 0 aliphatic heterocycles. The van der Waals surface area contributed by atoms with E-state index in [1.165, 1.54) is 6.92 Å². The van der Waals surface area contributed by atoms with Crippen LogP contribution in [0.5, 0.6) is 0 Å². The molecule has 3 N–H and O–H groups in total. The standard InChI is InChI=1S/C33H64F3NO3/c1-10-11-20-30(8,25(2)3)23-37-29(40)19-18-27(6)32(24-38,33(34,35)36)22-17-15-13-12-14-16-21-31(9,26(4)5)28(7)39/h25-28,38-39H,10-24H2,1-9H3,(H,37,40)/t27?,28?,30-,31+,32+/m1/s1. The average molecular weight is 580 g/mol. The quantitative estimate of drug-likeness (QED) is 0.112. The van der Waals surface area contributed by atoms with Crippen molar-refractivity contribution in [1.29, 1.82) is 0 Å². The molecule has 0 spiro atoms. The van der Waals surface area contributed by atoms with Gasteiger partial charge in [0.1, 0.15) is 0 Å². The fourth-order valence-electron chi connectivity index (χ4n) is 5.80. The van der Waals surface area contributed by atoms with Crippen LogP contribution in [0.4, 0.5) is 13.2 Å². The van der Waals surface area contributed by atoms with E-state index in [1.807, 2.05) is 6.92 Å². The first kappa shape index (κ1) is 39.2. The zero-order valence-corrected chi connectivity index (χ0v) is 27.4. The Balaban J connectivity index is 4.82. The van der Waals surface area contributed by atoms with Crippen LogP contribution in [0.25, 0.3) is 0 Å². The lowest BCUT2D eigenvalue weighted by atomic mass is 9.70. The first-order valence-electron chi connectivity index (χ1n) is 16.1. The largest absolute Gasteiger partial charge is 0.396 e. The maximum atomic E-state index is 14.3. The van der Waals surface area contributed by atoms with Crippen molar-refractivity contribution >= 4 is 5.91 Å². The Morgan fingerprint density at radius 2 is 1.32 bits per heavy atom. The Morgan fingerprint density at radius 1 is 0.800 bits per heavy atom. The summed E-state index contributed by atoms with van der Waals surface area (Å²) in [6.07, 6.45) is 4.09. The van der Waals surface area contributed by atoms with Gasteiger partial charge in [0.25, 0.3) is 0 Å². The molecule has 0 aromatic heterocycles. The average Bonchev–Trinajstić information content (AvgIpc) is 2.87. The van der Waals surface area contributed by atoms with E-state index < -0.39 is 24.1 Å². The maximum Gasteiger partial charge on any atom is 0.396 e. The lowest BCUT2D eigenvalue weighted by Crippen LogP contribution is -2.47. The molecule has 4 nitrogen and oxygen atoms in total. The molecular formula is C33H64F3NO3. The number of hydrogen-bond acceptors (Lipinski definition) is 3. The summed E-state index contributed by atoms with van der Waals surface area (Å²) >= 11 is 0. The number of aliphatic hydroxyl groups excluding tert-OH is 2. The van der Waals surface area contributed by atoms with Crippen LogP contribution in [0, 0.1) is 34.0 Å². The minimum atomic E-state index is -4.53. The Bertz CT molecular complexity index is 687. The van der Waals surface area contributed by atoms with Gasteiger partial charge in [0.2, 0.25) is 5.91 Å². The van der Waals surface area contributed by atoms with Crippen LogP contribution in [0.3, 0.4) is 0 Å². The van der Waals surface area contributed by atoms with Crippen molar-refractivity contribution in [2.45, 2.75) is 158 Å². The molecule has 0 saturated carbocycles. The van der Waals surface area contributed by atoms with Crippen molar-refractivity contribution in [2.75, 3.05) is 13.2 Å². The van der Waals surface area contributed by atoms with E-state index in [4.69, 9.17) is 0 Å². The zero-order chi connectivity index (χ0) is 31.2. The second kappa shape index (κ2) is 18.0. The summed E-state index contributed by atoms with van der Waals surface area (Å²) in [6, 6.07) is 0. The molecule has 0 aromatic carbocycles. The monoisotopic (exact) mass is 579 g/mol. The van der Waals surface area contributed by atoms with Crippen molar-refractivity contribution in [3.05, 3.63) is 0 Å². The van der Waals surface area contributed by atoms with Crippen LogP contribution in [0.15, 0.2) is 0 Å². The van der Waals surface area contributed by atoms with E-state index in [1.54, 1.807) is 0 Å². The molecule has 0 aliphatic carbocycles. The number of halogens is 3. The Morgan fingerprint density at radius 3 is 1.75 bits per heavy atom. The van der Waals surface area contributed by atoms with Crippen molar-refractivity contribution in [2.24, 2.45) is 34.0 Å². The molecule has 0 aliphatic rings. The molecule has 240 valence electrons. The number of amides is 1. The van der Waals surface area contributed by atoms with Crippen LogP contribution < -0.4 is 5.32 Å². The first-order valence-corrected chi connectivity index (χ1v) is 16.1. The number of aliphatic hydroxyl groups is 2. The van der Waals surface area contributed by atoms with Crippen LogP contribution in [0.1, 0.15) is 146 Å². The van der Waals surface area contributed by atoms with Gasteiger partial charge in [-0.25, -0.2) is 0 Å². The molecule has 1 amide bonds. The van der Waals surface area contributed by atoms with Crippen LogP contribution in [-0.4, -0.2) is 41.6 Å².